The smallest absolute Gasteiger partial charge is 0.124 e. The number of benzene rings is 1. The second kappa shape index (κ2) is 5.27. The first kappa shape index (κ1) is 15.4. The molecule has 0 unspecified atom stereocenters. The third-order valence-electron chi connectivity index (χ3n) is 5.41. The molecule has 1 aromatic rings. The molecule has 2 aliphatic rings. The molecule has 1 fully saturated rings. The van der Waals surface area contributed by atoms with Crippen molar-refractivity contribution in [2.75, 3.05) is 0 Å². The molecule has 21 heavy (non-hydrogen) atoms. The van der Waals surface area contributed by atoms with Crippen LogP contribution in [0.5, 0.6) is 5.75 Å². The average molecular weight is 352 g/mol. The van der Waals surface area contributed by atoms with Gasteiger partial charge in [0.1, 0.15) is 11.4 Å². The van der Waals surface area contributed by atoms with Crippen molar-refractivity contribution in [1.29, 1.82) is 0 Å². The molecule has 1 spiro atoms. The summed E-state index contributed by atoms with van der Waals surface area (Å²) < 4.78 is 7.52. The molecule has 116 valence electrons. The highest BCUT2D eigenvalue weighted by atomic mass is 79.9. The van der Waals surface area contributed by atoms with Gasteiger partial charge in [0.2, 0.25) is 0 Å². The maximum Gasteiger partial charge on any atom is 0.124 e. The Morgan fingerprint density at radius 1 is 1.24 bits per heavy atom. The Balaban J connectivity index is 1.79. The van der Waals surface area contributed by atoms with Gasteiger partial charge in [0.15, 0.2) is 0 Å². The predicted octanol–water partition coefficient (Wildman–Crippen LogP) is 5.21. The summed E-state index contributed by atoms with van der Waals surface area (Å²) in [5, 5.41) is 0. The van der Waals surface area contributed by atoms with Gasteiger partial charge in [-0.15, -0.1) is 0 Å². The van der Waals surface area contributed by atoms with Gasteiger partial charge < -0.3 is 10.5 Å². The monoisotopic (exact) mass is 351 g/mol. The first-order chi connectivity index (χ1) is 9.79. The molecule has 1 aliphatic carbocycles. The van der Waals surface area contributed by atoms with E-state index >= 15 is 0 Å². The first-order valence-corrected chi connectivity index (χ1v) is 8.82. The second-order valence-corrected chi connectivity index (χ2v) is 8.83. The van der Waals surface area contributed by atoms with E-state index in [4.69, 9.17) is 10.5 Å². The summed E-state index contributed by atoms with van der Waals surface area (Å²) >= 11 is 3.52. The molecule has 0 radical (unpaired) electrons. The van der Waals surface area contributed by atoms with Crippen LogP contribution in [0.3, 0.4) is 0 Å². The van der Waals surface area contributed by atoms with Crippen LogP contribution in [0.1, 0.15) is 64.5 Å². The Bertz CT molecular complexity index is 527. The van der Waals surface area contributed by atoms with Gasteiger partial charge in [0, 0.05) is 22.5 Å². The number of ether oxygens (including phenoxy) is 1. The lowest BCUT2D eigenvalue weighted by Crippen LogP contribution is -2.46. The highest BCUT2D eigenvalue weighted by molar-refractivity contribution is 9.10. The van der Waals surface area contributed by atoms with E-state index in [2.05, 4.69) is 48.8 Å². The van der Waals surface area contributed by atoms with E-state index in [-0.39, 0.29) is 11.6 Å². The van der Waals surface area contributed by atoms with Crippen LogP contribution < -0.4 is 10.5 Å². The summed E-state index contributed by atoms with van der Waals surface area (Å²) in [4.78, 5) is 0. The molecular weight excluding hydrogens is 326 g/mol. The fourth-order valence-corrected chi connectivity index (χ4v) is 4.38. The number of nitrogens with two attached hydrogens (primary N) is 1. The molecule has 1 heterocycles. The van der Waals surface area contributed by atoms with Crippen LogP contribution in [0, 0.1) is 11.3 Å². The van der Waals surface area contributed by atoms with Crippen molar-refractivity contribution in [2.24, 2.45) is 17.1 Å². The number of fused-ring (bicyclic) bond motifs is 1. The number of halogens is 1. The molecule has 0 amide bonds. The molecule has 1 saturated carbocycles. The van der Waals surface area contributed by atoms with Crippen molar-refractivity contribution in [2.45, 2.75) is 64.5 Å². The van der Waals surface area contributed by atoms with Gasteiger partial charge in [-0.25, -0.2) is 0 Å². The Hall–Kier alpha value is -0.540. The van der Waals surface area contributed by atoms with E-state index in [1.807, 2.05) is 6.07 Å². The minimum Gasteiger partial charge on any atom is -0.487 e. The quantitative estimate of drug-likeness (QED) is 0.696. The van der Waals surface area contributed by atoms with Crippen LogP contribution in [0.15, 0.2) is 22.7 Å². The van der Waals surface area contributed by atoms with Crippen LogP contribution in [0.2, 0.25) is 0 Å². The molecule has 3 heteroatoms. The van der Waals surface area contributed by atoms with E-state index in [0.29, 0.717) is 5.41 Å². The molecule has 1 aromatic carbocycles. The summed E-state index contributed by atoms with van der Waals surface area (Å²) in [7, 11) is 0. The fraction of sp³-hybridized carbons (Fsp3) is 0.667. The van der Waals surface area contributed by atoms with Gasteiger partial charge in [-0.2, -0.15) is 0 Å². The maximum atomic E-state index is 6.45. The molecular formula is C18H26BrNO. The lowest BCUT2D eigenvalue weighted by molar-refractivity contribution is -0.0254. The largest absolute Gasteiger partial charge is 0.487 e. The van der Waals surface area contributed by atoms with Crippen LogP contribution >= 0.6 is 15.9 Å². The lowest BCUT2D eigenvalue weighted by atomic mass is 9.66. The summed E-state index contributed by atoms with van der Waals surface area (Å²) in [5.41, 5.74) is 7.96. The molecule has 1 aliphatic heterocycles. The van der Waals surface area contributed by atoms with E-state index in [1.54, 1.807) is 0 Å². The van der Waals surface area contributed by atoms with E-state index in [1.165, 1.54) is 12.8 Å². The zero-order valence-corrected chi connectivity index (χ0v) is 14.9. The topological polar surface area (TPSA) is 35.2 Å². The lowest BCUT2D eigenvalue weighted by Gasteiger charge is -2.47. The SMILES string of the molecule is CC(C)(C)C1CCC2(CC1)C[C@@H](N)c1cc(Br)ccc1O2. The Morgan fingerprint density at radius 2 is 1.90 bits per heavy atom. The summed E-state index contributed by atoms with van der Waals surface area (Å²) in [6.07, 6.45) is 5.73. The minimum absolute atomic E-state index is 0.0258. The van der Waals surface area contributed by atoms with Gasteiger partial charge in [-0.1, -0.05) is 36.7 Å². The Kier molecular flexibility index (Phi) is 3.86. The predicted molar refractivity (Wildman–Crippen MR) is 90.5 cm³/mol. The van der Waals surface area contributed by atoms with Crippen molar-refractivity contribution in [3.05, 3.63) is 28.2 Å². The standard InChI is InChI=1S/C18H26BrNO/c1-17(2,3)12-6-8-18(9-7-12)11-15(20)14-10-13(19)4-5-16(14)21-18/h4-5,10,12,15H,6-9,11,20H2,1-3H3/t12?,15-,18?/m1/s1. The molecule has 2 nitrogen and oxygen atoms in total. The highest BCUT2D eigenvalue weighted by Gasteiger charge is 2.44. The Labute approximate surface area is 136 Å². The summed E-state index contributed by atoms with van der Waals surface area (Å²) in [6, 6.07) is 6.31. The van der Waals surface area contributed by atoms with E-state index in [9.17, 15) is 0 Å². The van der Waals surface area contributed by atoms with Gasteiger partial charge in [-0.05, 0) is 55.2 Å². The van der Waals surface area contributed by atoms with Crippen LogP contribution in [-0.4, -0.2) is 5.60 Å². The van der Waals surface area contributed by atoms with Crippen molar-refractivity contribution in [3.63, 3.8) is 0 Å². The molecule has 2 N–H and O–H groups in total. The fourth-order valence-electron chi connectivity index (χ4n) is 4.00. The molecule has 0 aromatic heterocycles. The first-order valence-electron chi connectivity index (χ1n) is 8.03. The number of hydrogen-bond donors (Lipinski definition) is 1. The second-order valence-electron chi connectivity index (χ2n) is 7.92. The summed E-state index contributed by atoms with van der Waals surface area (Å²) in [5.74, 6) is 1.79. The normalized spacial score (nSPS) is 32.6. The number of hydrogen-bond acceptors (Lipinski definition) is 2. The van der Waals surface area contributed by atoms with Crippen molar-refractivity contribution in [3.8, 4) is 5.75 Å². The van der Waals surface area contributed by atoms with Gasteiger partial charge in [0.25, 0.3) is 0 Å². The van der Waals surface area contributed by atoms with Gasteiger partial charge in [0.05, 0.1) is 0 Å². The van der Waals surface area contributed by atoms with Crippen LogP contribution in [-0.2, 0) is 0 Å². The van der Waals surface area contributed by atoms with Gasteiger partial charge in [-0.3, -0.25) is 0 Å². The van der Waals surface area contributed by atoms with Crippen molar-refractivity contribution >= 4 is 15.9 Å². The van der Waals surface area contributed by atoms with Crippen molar-refractivity contribution in [1.82, 2.24) is 0 Å². The highest BCUT2D eigenvalue weighted by Crippen LogP contribution is 2.49. The number of rotatable bonds is 0. The molecule has 0 bridgehead atoms. The molecule has 1 atom stereocenters. The van der Waals surface area contributed by atoms with E-state index < -0.39 is 0 Å². The third-order valence-corrected chi connectivity index (χ3v) is 5.90. The van der Waals surface area contributed by atoms with Crippen LogP contribution in [0.25, 0.3) is 0 Å². The molecule has 0 saturated heterocycles. The third kappa shape index (κ3) is 3.00. The van der Waals surface area contributed by atoms with Crippen molar-refractivity contribution < 1.29 is 4.74 Å². The van der Waals surface area contributed by atoms with Gasteiger partial charge >= 0.3 is 0 Å². The molecule has 3 rings (SSSR count). The summed E-state index contributed by atoms with van der Waals surface area (Å²) in [6.45, 7) is 7.07. The van der Waals surface area contributed by atoms with Crippen LogP contribution in [0.4, 0.5) is 0 Å². The zero-order chi connectivity index (χ0) is 15.3. The Morgan fingerprint density at radius 3 is 2.52 bits per heavy atom. The van der Waals surface area contributed by atoms with E-state index in [0.717, 1.165) is 41.0 Å². The average Bonchev–Trinajstić information content (AvgIpc) is 2.39. The zero-order valence-electron chi connectivity index (χ0n) is 13.3. The minimum atomic E-state index is -0.0258. The maximum absolute atomic E-state index is 6.45.